The van der Waals surface area contributed by atoms with Gasteiger partial charge in [0.05, 0.1) is 10.2 Å². The van der Waals surface area contributed by atoms with Crippen LogP contribution in [-0.4, -0.2) is 50.7 Å². The normalized spacial score (nSPS) is 14.0. The predicted molar refractivity (Wildman–Crippen MR) is 99.9 cm³/mol. The second-order valence-electron chi connectivity index (χ2n) is 5.01. The van der Waals surface area contributed by atoms with Crippen molar-refractivity contribution >= 4 is 43.0 Å². The Morgan fingerprint density at radius 3 is 2.85 bits per heavy atom. The zero-order valence-electron chi connectivity index (χ0n) is 14.1. The second-order valence-corrected chi connectivity index (χ2v) is 8.76. The third kappa shape index (κ3) is 4.99. The van der Waals surface area contributed by atoms with Crippen molar-refractivity contribution in [3.05, 3.63) is 34.2 Å². The van der Waals surface area contributed by atoms with E-state index < -0.39 is 15.5 Å². The summed E-state index contributed by atoms with van der Waals surface area (Å²) >= 11 is 3.07. The van der Waals surface area contributed by atoms with Crippen LogP contribution in [0.1, 0.15) is 12.6 Å². The maximum absolute atomic E-state index is 13.3. The van der Waals surface area contributed by atoms with Crippen LogP contribution in [0.2, 0.25) is 0 Å². The number of nitrogens with one attached hydrogen (secondary N) is 2. The fraction of sp³-hybridized carbons (Fsp3) is 0.357. The first-order valence-electron chi connectivity index (χ1n) is 7.53. The van der Waals surface area contributed by atoms with Gasteiger partial charge in [-0.3, -0.25) is 10.7 Å². The van der Waals surface area contributed by atoms with Crippen molar-refractivity contribution in [1.29, 1.82) is 0 Å². The first-order chi connectivity index (χ1) is 12.4. The lowest BCUT2D eigenvalue weighted by Crippen LogP contribution is -2.23. The molecule has 1 atom stereocenters. The zero-order valence-corrected chi connectivity index (χ0v) is 16.5. The zero-order chi connectivity index (χ0) is 19.2. The van der Waals surface area contributed by atoms with Crippen LogP contribution in [0.4, 0.5) is 15.9 Å². The fourth-order valence-corrected chi connectivity index (χ4v) is 3.49. The Morgan fingerprint density at radius 2 is 2.23 bits per heavy atom. The molecule has 0 aliphatic rings. The minimum atomic E-state index is -2.27. The Kier molecular flexibility index (Phi) is 7.06. The highest BCUT2D eigenvalue weighted by atomic mass is 79.9. The molecule has 26 heavy (non-hydrogen) atoms. The predicted octanol–water partition coefficient (Wildman–Crippen LogP) is 2.56. The quantitative estimate of drug-likeness (QED) is 0.337. The smallest absolute Gasteiger partial charge is 0.202 e. The van der Waals surface area contributed by atoms with Gasteiger partial charge in [-0.25, -0.2) is 22.6 Å². The summed E-state index contributed by atoms with van der Waals surface area (Å²) in [7, 11) is -0.742. The van der Waals surface area contributed by atoms with Crippen molar-refractivity contribution in [3.8, 4) is 0 Å². The van der Waals surface area contributed by atoms with Gasteiger partial charge in [-0.2, -0.15) is 0 Å². The van der Waals surface area contributed by atoms with Crippen LogP contribution in [0.25, 0.3) is 0 Å². The number of rotatable bonds is 7. The van der Waals surface area contributed by atoms with Gasteiger partial charge in [0, 0.05) is 34.8 Å². The molecule has 0 amide bonds. The number of aromatic nitrogens is 2. The maximum atomic E-state index is 13.3. The molecule has 9 nitrogen and oxygen atoms in total. The Balaban J connectivity index is 2.20. The van der Waals surface area contributed by atoms with Crippen molar-refractivity contribution in [2.24, 2.45) is 9.36 Å². The molecule has 12 heteroatoms. The van der Waals surface area contributed by atoms with E-state index in [4.69, 9.17) is 0 Å². The number of anilines is 1. The highest BCUT2D eigenvalue weighted by molar-refractivity contribution is 9.10. The largest absolute Gasteiger partial charge is 0.364 e. The van der Waals surface area contributed by atoms with Gasteiger partial charge in [0.2, 0.25) is 5.82 Å². The van der Waals surface area contributed by atoms with Gasteiger partial charge < -0.3 is 5.32 Å². The molecule has 1 heterocycles. The molecular weight excluding hydrogens is 431 g/mol. The minimum Gasteiger partial charge on any atom is -0.364 e. The van der Waals surface area contributed by atoms with E-state index in [1.54, 1.807) is 6.92 Å². The molecule has 2 aromatic rings. The molecule has 0 unspecified atom stereocenters. The highest BCUT2D eigenvalue weighted by Gasteiger charge is 2.17. The second kappa shape index (κ2) is 9.05. The van der Waals surface area contributed by atoms with E-state index >= 15 is 0 Å². The standard InChI is InChI=1S/C14H18BrFN6O3S/c1-3-26(24,17-2)7-6-18-13-12(21-25-22-13)14(20-23)19-9-4-5-11(16)10(15)8-9/h4-5,8,23H,3,6-7H2,1-2H3,(H,18,22)(H,19,20)/t26-/m0/s1. The van der Waals surface area contributed by atoms with E-state index in [-0.39, 0.29) is 21.8 Å². The van der Waals surface area contributed by atoms with Gasteiger partial charge in [0.1, 0.15) is 5.82 Å². The van der Waals surface area contributed by atoms with E-state index in [0.717, 1.165) is 0 Å². The molecule has 3 N–H and O–H groups in total. The first-order valence-corrected chi connectivity index (χ1v) is 10.2. The first kappa shape index (κ1) is 20.3. The van der Waals surface area contributed by atoms with Gasteiger partial charge in [-0.15, -0.1) is 0 Å². The van der Waals surface area contributed by atoms with E-state index in [1.807, 2.05) is 5.48 Å². The van der Waals surface area contributed by atoms with E-state index in [1.165, 1.54) is 25.2 Å². The van der Waals surface area contributed by atoms with Crippen molar-refractivity contribution < 1.29 is 18.4 Å². The summed E-state index contributed by atoms with van der Waals surface area (Å²) in [5.74, 6) is 0.480. The van der Waals surface area contributed by atoms with Crippen LogP contribution in [0, 0.1) is 5.82 Å². The molecule has 0 spiro atoms. The molecule has 0 aliphatic carbocycles. The van der Waals surface area contributed by atoms with E-state index in [2.05, 4.69) is 45.5 Å². The van der Waals surface area contributed by atoms with Gasteiger partial charge in [0.25, 0.3) is 0 Å². The topological polar surface area (TPSA) is 125 Å². The molecule has 1 aromatic heterocycles. The molecule has 0 aliphatic heterocycles. The van der Waals surface area contributed by atoms with Crippen molar-refractivity contribution in [3.63, 3.8) is 0 Å². The summed E-state index contributed by atoms with van der Waals surface area (Å²) in [5.41, 5.74) is 2.40. The molecule has 2 rings (SSSR count). The summed E-state index contributed by atoms with van der Waals surface area (Å²) < 4.78 is 34.4. The SMILES string of the molecule is CC[S@](=O)(CCNc1nonc1C(=Nc1ccc(F)c(Br)c1)NO)=NC. The van der Waals surface area contributed by atoms with Crippen LogP contribution in [0.5, 0.6) is 0 Å². The number of benzene rings is 1. The number of hydroxylamine groups is 1. The van der Waals surface area contributed by atoms with Gasteiger partial charge in [0.15, 0.2) is 11.5 Å². The minimum absolute atomic E-state index is 0.0522. The van der Waals surface area contributed by atoms with Crippen LogP contribution >= 0.6 is 15.9 Å². The highest BCUT2D eigenvalue weighted by Crippen LogP contribution is 2.23. The van der Waals surface area contributed by atoms with Crippen LogP contribution < -0.4 is 10.8 Å². The third-order valence-corrected chi connectivity index (χ3v) is 6.48. The Labute approximate surface area is 158 Å². The molecule has 0 saturated heterocycles. The average Bonchev–Trinajstić information content (AvgIpc) is 3.10. The monoisotopic (exact) mass is 448 g/mol. The summed E-state index contributed by atoms with van der Waals surface area (Å²) in [4.78, 5) is 4.15. The summed E-state index contributed by atoms with van der Waals surface area (Å²) in [6, 6.07) is 4.09. The molecule has 0 radical (unpaired) electrons. The Hall–Kier alpha value is -2.05. The van der Waals surface area contributed by atoms with Gasteiger partial charge >= 0.3 is 0 Å². The lowest BCUT2D eigenvalue weighted by Gasteiger charge is -2.08. The average molecular weight is 449 g/mol. The third-order valence-electron chi connectivity index (χ3n) is 3.46. The molecule has 142 valence electrons. The number of hydrogen-bond donors (Lipinski definition) is 3. The molecule has 0 saturated carbocycles. The summed E-state index contributed by atoms with van der Waals surface area (Å²) in [6.07, 6.45) is 0. The van der Waals surface area contributed by atoms with Crippen molar-refractivity contribution in [1.82, 2.24) is 15.8 Å². The van der Waals surface area contributed by atoms with Gasteiger partial charge in [-0.1, -0.05) is 6.92 Å². The Morgan fingerprint density at radius 1 is 1.46 bits per heavy atom. The molecule has 0 fully saturated rings. The van der Waals surface area contributed by atoms with Crippen molar-refractivity contribution in [2.45, 2.75) is 6.92 Å². The number of halogens is 2. The lowest BCUT2D eigenvalue weighted by atomic mass is 10.3. The van der Waals surface area contributed by atoms with Crippen LogP contribution in [0.15, 0.2) is 36.7 Å². The maximum Gasteiger partial charge on any atom is 0.202 e. The van der Waals surface area contributed by atoms with Crippen LogP contribution in [0.3, 0.4) is 0 Å². The molecular formula is C14H18BrFN6O3S. The number of aliphatic imine (C=N–C) groups is 1. The van der Waals surface area contributed by atoms with Crippen molar-refractivity contribution in [2.75, 3.05) is 30.4 Å². The van der Waals surface area contributed by atoms with E-state index in [9.17, 15) is 13.8 Å². The molecule has 0 bridgehead atoms. The fourth-order valence-electron chi connectivity index (χ4n) is 1.97. The van der Waals surface area contributed by atoms with Crippen LogP contribution in [-0.2, 0) is 9.73 Å². The summed E-state index contributed by atoms with van der Waals surface area (Å²) in [5, 5.41) is 19.7. The molecule has 1 aromatic carbocycles. The number of nitrogens with zero attached hydrogens (tertiary/aromatic N) is 4. The summed E-state index contributed by atoms with van der Waals surface area (Å²) in [6.45, 7) is 2.12. The lowest BCUT2D eigenvalue weighted by molar-refractivity contribution is 0.234. The number of amidine groups is 1. The van der Waals surface area contributed by atoms with Gasteiger partial charge in [-0.05, 0) is 44.4 Å². The Bertz CT molecular complexity index is 910. The van der Waals surface area contributed by atoms with E-state index in [0.29, 0.717) is 23.7 Å². The number of hydrogen-bond acceptors (Lipinski definition) is 8.